The molecule has 1 aromatic rings. The van der Waals surface area contributed by atoms with Crippen LogP contribution in [0, 0.1) is 0 Å². The van der Waals surface area contributed by atoms with E-state index in [0.29, 0.717) is 13.2 Å². The first-order valence-electron chi connectivity index (χ1n) is 5.12. The van der Waals surface area contributed by atoms with E-state index >= 15 is 0 Å². The highest BCUT2D eigenvalue weighted by Crippen LogP contribution is 2.42. The first-order chi connectivity index (χ1) is 7.34. The average molecular weight is 207 g/mol. The van der Waals surface area contributed by atoms with Crippen molar-refractivity contribution in [1.82, 2.24) is 0 Å². The van der Waals surface area contributed by atoms with Gasteiger partial charge in [-0.1, -0.05) is 0 Å². The molecule has 0 aliphatic carbocycles. The van der Waals surface area contributed by atoms with Crippen molar-refractivity contribution < 1.29 is 14.2 Å². The Labute approximate surface area is 88.3 Å². The number of fused-ring (bicyclic) bond motifs is 2. The minimum absolute atomic E-state index is 0.613. The molecule has 0 fully saturated rings. The van der Waals surface area contributed by atoms with Gasteiger partial charge < -0.3 is 19.1 Å². The molecular formula is C11H13NO3. The van der Waals surface area contributed by atoms with Gasteiger partial charge in [-0.25, -0.2) is 0 Å². The van der Waals surface area contributed by atoms with Crippen LogP contribution in [0.4, 0.5) is 5.69 Å². The molecule has 2 aliphatic rings. The van der Waals surface area contributed by atoms with Gasteiger partial charge in [0.2, 0.25) is 0 Å². The predicted molar refractivity (Wildman–Crippen MR) is 56.2 cm³/mol. The van der Waals surface area contributed by atoms with Gasteiger partial charge in [-0.05, 0) is 0 Å². The summed E-state index contributed by atoms with van der Waals surface area (Å²) in [6, 6.07) is 3.91. The lowest BCUT2D eigenvalue weighted by Crippen LogP contribution is -2.29. The van der Waals surface area contributed by atoms with Crippen molar-refractivity contribution in [2.75, 3.05) is 38.3 Å². The number of nitrogens with zero attached hydrogens (tertiary/aromatic N) is 1. The molecule has 3 rings (SSSR count). The first-order valence-corrected chi connectivity index (χ1v) is 5.12. The highest BCUT2D eigenvalue weighted by molar-refractivity contribution is 5.66. The van der Waals surface area contributed by atoms with E-state index in [1.165, 1.54) is 0 Å². The third-order valence-corrected chi connectivity index (χ3v) is 2.72. The van der Waals surface area contributed by atoms with Gasteiger partial charge in [0, 0.05) is 19.2 Å². The molecule has 0 bridgehead atoms. The van der Waals surface area contributed by atoms with Crippen molar-refractivity contribution in [3.8, 4) is 17.2 Å². The molecule has 4 heteroatoms. The summed E-state index contributed by atoms with van der Waals surface area (Å²) in [7, 11) is 2.05. The lowest BCUT2D eigenvalue weighted by molar-refractivity contribution is 0.170. The van der Waals surface area contributed by atoms with Crippen LogP contribution in [-0.2, 0) is 0 Å². The van der Waals surface area contributed by atoms with Crippen LogP contribution in [0.25, 0.3) is 0 Å². The fourth-order valence-electron chi connectivity index (χ4n) is 1.89. The minimum Gasteiger partial charge on any atom is -0.489 e. The Balaban J connectivity index is 2.08. The Morgan fingerprint density at radius 3 is 2.40 bits per heavy atom. The summed E-state index contributed by atoms with van der Waals surface area (Å²) in [6.45, 7) is 2.87. The summed E-state index contributed by atoms with van der Waals surface area (Å²) < 4.78 is 16.6. The van der Waals surface area contributed by atoms with Crippen LogP contribution in [0.5, 0.6) is 17.2 Å². The van der Waals surface area contributed by atoms with Crippen molar-refractivity contribution in [3.05, 3.63) is 12.1 Å². The second-order valence-corrected chi connectivity index (χ2v) is 3.73. The lowest BCUT2D eigenvalue weighted by Gasteiger charge is -2.29. The van der Waals surface area contributed by atoms with Crippen LogP contribution in [-0.4, -0.2) is 33.4 Å². The second kappa shape index (κ2) is 3.22. The van der Waals surface area contributed by atoms with Crippen LogP contribution in [0.2, 0.25) is 0 Å². The van der Waals surface area contributed by atoms with Gasteiger partial charge in [0.15, 0.2) is 11.5 Å². The molecule has 80 valence electrons. The van der Waals surface area contributed by atoms with Gasteiger partial charge in [-0.2, -0.15) is 0 Å². The van der Waals surface area contributed by atoms with Gasteiger partial charge in [-0.3, -0.25) is 0 Å². The fourth-order valence-corrected chi connectivity index (χ4v) is 1.89. The molecule has 0 atom stereocenters. The van der Waals surface area contributed by atoms with Gasteiger partial charge in [-0.15, -0.1) is 0 Å². The van der Waals surface area contributed by atoms with Crippen molar-refractivity contribution >= 4 is 5.69 Å². The summed E-state index contributed by atoms with van der Waals surface area (Å²) in [6.07, 6.45) is 0. The Morgan fingerprint density at radius 2 is 1.60 bits per heavy atom. The SMILES string of the molecule is CN1CCOc2cc3c(cc21)OCCO3. The summed E-state index contributed by atoms with van der Waals surface area (Å²) >= 11 is 0. The third kappa shape index (κ3) is 1.37. The van der Waals surface area contributed by atoms with E-state index in [1.54, 1.807) is 0 Å². The van der Waals surface area contributed by atoms with E-state index in [4.69, 9.17) is 14.2 Å². The fraction of sp³-hybridized carbons (Fsp3) is 0.455. The smallest absolute Gasteiger partial charge is 0.165 e. The van der Waals surface area contributed by atoms with E-state index < -0.39 is 0 Å². The molecule has 0 unspecified atom stereocenters. The molecule has 15 heavy (non-hydrogen) atoms. The molecule has 2 heterocycles. The molecule has 0 saturated heterocycles. The van der Waals surface area contributed by atoms with Crippen molar-refractivity contribution in [1.29, 1.82) is 0 Å². The normalized spacial score (nSPS) is 18.1. The van der Waals surface area contributed by atoms with Crippen LogP contribution in [0.15, 0.2) is 12.1 Å². The largest absolute Gasteiger partial charge is 0.489 e. The number of rotatable bonds is 0. The monoisotopic (exact) mass is 207 g/mol. The van der Waals surface area contributed by atoms with E-state index in [1.807, 2.05) is 12.1 Å². The lowest BCUT2D eigenvalue weighted by atomic mass is 10.2. The molecule has 0 aromatic heterocycles. The van der Waals surface area contributed by atoms with E-state index in [0.717, 1.165) is 36.1 Å². The maximum Gasteiger partial charge on any atom is 0.165 e. The van der Waals surface area contributed by atoms with Gasteiger partial charge >= 0.3 is 0 Å². The van der Waals surface area contributed by atoms with E-state index in [9.17, 15) is 0 Å². The zero-order chi connectivity index (χ0) is 10.3. The molecule has 0 amide bonds. The minimum atomic E-state index is 0.613. The van der Waals surface area contributed by atoms with Crippen LogP contribution in [0.1, 0.15) is 0 Å². The number of likely N-dealkylation sites (N-methyl/N-ethyl adjacent to an activating group) is 1. The molecule has 0 spiro atoms. The maximum absolute atomic E-state index is 5.58. The average Bonchev–Trinajstić information content (AvgIpc) is 2.27. The van der Waals surface area contributed by atoms with E-state index in [-0.39, 0.29) is 0 Å². The number of hydrogen-bond donors (Lipinski definition) is 0. The zero-order valence-electron chi connectivity index (χ0n) is 8.66. The Morgan fingerprint density at radius 1 is 0.933 bits per heavy atom. The molecular weight excluding hydrogens is 194 g/mol. The van der Waals surface area contributed by atoms with E-state index in [2.05, 4.69) is 11.9 Å². The molecule has 0 saturated carbocycles. The van der Waals surface area contributed by atoms with Crippen molar-refractivity contribution in [3.63, 3.8) is 0 Å². The zero-order valence-corrected chi connectivity index (χ0v) is 8.66. The third-order valence-electron chi connectivity index (χ3n) is 2.72. The maximum atomic E-state index is 5.58. The molecule has 4 nitrogen and oxygen atoms in total. The highest BCUT2D eigenvalue weighted by Gasteiger charge is 2.21. The summed E-state index contributed by atoms with van der Waals surface area (Å²) in [5.41, 5.74) is 1.07. The summed E-state index contributed by atoms with van der Waals surface area (Å²) in [5, 5.41) is 0. The van der Waals surface area contributed by atoms with Crippen LogP contribution < -0.4 is 19.1 Å². The number of ether oxygens (including phenoxy) is 3. The van der Waals surface area contributed by atoms with Crippen molar-refractivity contribution in [2.45, 2.75) is 0 Å². The van der Waals surface area contributed by atoms with Crippen LogP contribution >= 0.6 is 0 Å². The molecule has 0 N–H and O–H groups in total. The number of anilines is 1. The predicted octanol–water partition coefficient (Wildman–Crippen LogP) is 1.29. The van der Waals surface area contributed by atoms with Gasteiger partial charge in [0.25, 0.3) is 0 Å². The first kappa shape index (κ1) is 8.71. The van der Waals surface area contributed by atoms with Crippen molar-refractivity contribution in [2.24, 2.45) is 0 Å². The highest BCUT2D eigenvalue weighted by atomic mass is 16.6. The van der Waals surface area contributed by atoms with Gasteiger partial charge in [0.05, 0.1) is 12.2 Å². The summed E-state index contributed by atoms with van der Waals surface area (Å²) in [4.78, 5) is 2.16. The standard InChI is InChI=1S/C11H13NO3/c1-12-2-3-13-9-7-11-10(6-8(9)12)14-4-5-15-11/h6-7H,2-5H2,1H3. The Bertz CT molecular complexity index is 392. The quantitative estimate of drug-likeness (QED) is 0.641. The Hall–Kier alpha value is -1.58. The number of hydrogen-bond acceptors (Lipinski definition) is 4. The molecule has 0 radical (unpaired) electrons. The molecule has 1 aromatic carbocycles. The second-order valence-electron chi connectivity index (χ2n) is 3.73. The molecule has 2 aliphatic heterocycles. The summed E-state index contributed by atoms with van der Waals surface area (Å²) in [5.74, 6) is 2.49. The topological polar surface area (TPSA) is 30.9 Å². The number of benzene rings is 1. The van der Waals surface area contributed by atoms with Gasteiger partial charge in [0.1, 0.15) is 25.6 Å². The van der Waals surface area contributed by atoms with Crippen LogP contribution in [0.3, 0.4) is 0 Å². The Kier molecular flexibility index (Phi) is 1.87.